The summed E-state index contributed by atoms with van der Waals surface area (Å²) in [7, 11) is 1.68. The third kappa shape index (κ3) is 5.50. The van der Waals surface area contributed by atoms with E-state index in [0.29, 0.717) is 24.9 Å². The fourth-order valence-corrected chi connectivity index (χ4v) is 6.09. The van der Waals surface area contributed by atoms with Crippen LogP contribution in [0.25, 0.3) is 11.1 Å². The topological polar surface area (TPSA) is 38.7 Å². The Balaban J connectivity index is 2.76. The summed E-state index contributed by atoms with van der Waals surface area (Å²) in [4.78, 5) is 0. The number of hydrogen-bond acceptors (Lipinski definition) is 3. The average Bonchev–Trinajstić information content (AvgIpc) is 2.59. The summed E-state index contributed by atoms with van der Waals surface area (Å²) in [6.07, 6.45) is 0. The number of phenols is 1. The first kappa shape index (κ1) is 25.0. The Morgan fingerprint density at radius 1 is 0.967 bits per heavy atom. The zero-order valence-corrected chi connectivity index (χ0v) is 22.1. The molecule has 166 valence electrons. The van der Waals surface area contributed by atoms with Crippen LogP contribution in [0.15, 0.2) is 24.3 Å². The first-order valence-electron chi connectivity index (χ1n) is 10.5. The molecule has 0 radical (unpaired) electrons. The van der Waals surface area contributed by atoms with Gasteiger partial charge in [-0.1, -0.05) is 69.3 Å². The Bertz CT molecular complexity index is 875. The number of hydrogen-bond donors (Lipinski definition) is 1. The molecule has 0 saturated carbocycles. The smallest absolute Gasteiger partial charge is 0.127 e. The van der Waals surface area contributed by atoms with E-state index in [1.807, 2.05) is 19.9 Å². The number of aryl methyl sites for hydroxylation is 2. The molecule has 0 saturated heterocycles. The number of rotatable bonds is 7. The fourth-order valence-electron chi connectivity index (χ4n) is 4.80. The molecule has 0 aliphatic rings. The van der Waals surface area contributed by atoms with Crippen LogP contribution in [-0.4, -0.2) is 28.9 Å². The van der Waals surface area contributed by atoms with E-state index < -0.39 is 0 Å². The van der Waals surface area contributed by atoms with Crippen molar-refractivity contribution >= 4 is 22.6 Å². The number of phenolic OH excluding ortho intramolecular Hbond substituents is 1. The minimum Gasteiger partial charge on any atom is -0.507 e. The lowest BCUT2D eigenvalue weighted by molar-refractivity contribution is 0.146. The predicted octanol–water partition coefficient (Wildman–Crippen LogP) is 7.35. The second-order valence-electron chi connectivity index (χ2n) is 9.82. The predicted molar refractivity (Wildman–Crippen MR) is 135 cm³/mol. The van der Waals surface area contributed by atoms with Crippen LogP contribution < -0.4 is 4.74 Å². The molecule has 3 nitrogen and oxygen atoms in total. The van der Waals surface area contributed by atoms with E-state index in [0.717, 1.165) is 33.6 Å². The van der Waals surface area contributed by atoms with E-state index in [-0.39, 0.29) is 8.84 Å². The summed E-state index contributed by atoms with van der Waals surface area (Å²) in [6, 6.07) is 8.59. The van der Waals surface area contributed by atoms with Crippen LogP contribution in [0, 0.1) is 26.2 Å². The molecule has 2 aromatic rings. The highest BCUT2D eigenvalue weighted by Gasteiger charge is 2.37. The van der Waals surface area contributed by atoms with Crippen molar-refractivity contribution in [2.24, 2.45) is 5.41 Å². The Labute approximate surface area is 196 Å². The van der Waals surface area contributed by atoms with Gasteiger partial charge in [-0.05, 0) is 66.1 Å². The van der Waals surface area contributed by atoms with Gasteiger partial charge in [-0.3, -0.25) is 0 Å². The SMILES string of the molecule is COCCOc1ccc(C(C(C)(C)C)C(C)(C)I)cc1-c1c(C)cc(C)c(O)c1C. The molecule has 1 N–H and O–H groups in total. The summed E-state index contributed by atoms with van der Waals surface area (Å²) in [5.74, 6) is 1.52. The quantitative estimate of drug-likeness (QED) is 0.234. The standard InChI is InChI=1S/C26H37IO3/c1-16-14-17(2)23(28)18(3)22(16)20-15-19(10-11-21(20)30-13-12-29-9)24(25(4,5)6)26(7,8)27/h10-11,14-15,24,28H,12-13H2,1-9H3. The summed E-state index contributed by atoms with van der Waals surface area (Å²) in [5, 5.41) is 10.7. The molecule has 0 aromatic heterocycles. The minimum atomic E-state index is 0.0746. The van der Waals surface area contributed by atoms with Crippen molar-refractivity contribution < 1.29 is 14.6 Å². The van der Waals surface area contributed by atoms with Gasteiger partial charge in [0.05, 0.1) is 6.61 Å². The van der Waals surface area contributed by atoms with Crippen molar-refractivity contribution in [2.45, 2.75) is 64.7 Å². The zero-order valence-electron chi connectivity index (χ0n) is 19.9. The van der Waals surface area contributed by atoms with E-state index in [2.05, 4.69) is 82.3 Å². The van der Waals surface area contributed by atoms with Gasteiger partial charge in [0, 0.05) is 22.0 Å². The maximum atomic E-state index is 10.7. The lowest BCUT2D eigenvalue weighted by Gasteiger charge is -2.40. The van der Waals surface area contributed by atoms with Crippen LogP contribution in [0.4, 0.5) is 0 Å². The summed E-state index contributed by atoms with van der Waals surface area (Å²) < 4.78 is 11.4. The Morgan fingerprint density at radius 2 is 1.60 bits per heavy atom. The maximum Gasteiger partial charge on any atom is 0.127 e. The lowest BCUT2D eigenvalue weighted by atomic mass is 9.70. The van der Waals surface area contributed by atoms with Gasteiger partial charge < -0.3 is 14.6 Å². The van der Waals surface area contributed by atoms with Crippen LogP contribution in [0.3, 0.4) is 0 Å². The number of alkyl halides is 1. The minimum absolute atomic E-state index is 0.0746. The van der Waals surface area contributed by atoms with Crippen LogP contribution >= 0.6 is 22.6 Å². The molecule has 0 aliphatic carbocycles. The number of ether oxygens (including phenoxy) is 2. The molecule has 1 unspecified atom stereocenters. The van der Waals surface area contributed by atoms with Gasteiger partial charge in [0.1, 0.15) is 18.1 Å². The molecule has 0 bridgehead atoms. The molecule has 2 aromatic carbocycles. The van der Waals surface area contributed by atoms with Crippen molar-refractivity contribution in [3.8, 4) is 22.6 Å². The van der Waals surface area contributed by atoms with Gasteiger partial charge in [-0.25, -0.2) is 0 Å². The van der Waals surface area contributed by atoms with E-state index in [4.69, 9.17) is 9.47 Å². The molecule has 0 fully saturated rings. The summed E-state index contributed by atoms with van der Waals surface area (Å²) in [5.41, 5.74) is 6.39. The van der Waals surface area contributed by atoms with E-state index in [1.54, 1.807) is 7.11 Å². The molecule has 2 rings (SSSR count). The third-order valence-electron chi connectivity index (χ3n) is 5.63. The average molecular weight is 524 g/mol. The number of benzene rings is 2. The number of methoxy groups -OCH3 is 1. The van der Waals surface area contributed by atoms with Gasteiger partial charge in [-0.15, -0.1) is 0 Å². The van der Waals surface area contributed by atoms with E-state index >= 15 is 0 Å². The molecule has 0 spiro atoms. The van der Waals surface area contributed by atoms with Crippen molar-refractivity contribution in [1.29, 1.82) is 0 Å². The van der Waals surface area contributed by atoms with Gasteiger partial charge >= 0.3 is 0 Å². The second-order valence-corrected chi connectivity index (χ2v) is 12.6. The first-order valence-corrected chi connectivity index (χ1v) is 11.6. The zero-order chi connectivity index (χ0) is 22.9. The van der Waals surface area contributed by atoms with E-state index in [1.165, 1.54) is 5.56 Å². The normalized spacial score (nSPS) is 13.4. The van der Waals surface area contributed by atoms with E-state index in [9.17, 15) is 5.11 Å². The van der Waals surface area contributed by atoms with Gasteiger partial charge in [0.2, 0.25) is 0 Å². The van der Waals surface area contributed by atoms with Crippen LogP contribution in [-0.2, 0) is 4.74 Å². The van der Waals surface area contributed by atoms with Gasteiger partial charge in [-0.2, -0.15) is 0 Å². The number of aromatic hydroxyl groups is 1. The molecule has 1 atom stereocenters. The molecule has 0 aliphatic heterocycles. The van der Waals surface area contributed by atoms with Crippen molar-refractivity contribution in [2.75, 3.05) is 20.3 Å². The van der Waals surface area contributed by atoms with Gasteiger partial charge in [0.25, 0.3) is 0 Å². The Kier molecular flexibility index (Phi) is 7.89. The monoisotopic (exact) mass is 524 g/mol. The molecule has 30 heavy (non-hydrogen) atoms. The highest BCUT2D eigenvalue weighted by molar-refractivity contribution is 14.1. The summed E-state index contributed by atoms with van der Waals surface area (Å²) >= 11 is 2.57. The Hall–Kier alpha value is -1.27. The van der Waals surface area contributed by atoms with Crippen molar-refractivity contribution in [1.82, 2.24) is 0 Å². The summed E-state index contributed by atoms with van der Waals surface area (Å²) in [6.45, 7) is 18.5. The molecule has 0 heterocycles. The third-order valence-corrected chi connectivity index (χ3v) is 6.26. The molecule has 0 amide bonds. The molecule has 4 heteroatoms. The van der Waals surface area contributed by atoms with Gasteiger partial charge in [0.15, 0.2) is 0 Å². The lowest BCUT2D eigenvalue weighted by Crippen LogP contribution is -2.33. The maximum absolute atomic E-state index is 10.7. The van der Waals surface area contributed by atoms with Crippen molar-refractivity contribution in [3.05, 3.63) is 46.5 Å². The Morgan fingerprint density at radius 3 is 2.13 bits per heavy atom. The van der Waals surface area contributed by atoms with Crippen LogP contribution in [0.5, 0.6) is 11.5 Å². The highest BCUT2D eigenvalue weighted by atomic mass is 127. The highest BCUT2D eigenvalue weighted by Crippen LogP contribution is 2.49. The first-order chi connectivity index (χ1) is 13.8. The van der Waals surface area contributed by atoms with Crippen LogP contribution in [0.2, 0.25) is 0 Å². The number of halogens is 1. The second kappa shape index (κ2) is 9.47. The van der Waals surface area contributed by atoms with Crippen LogP contribution in [0.1, 0.15) is 62.8 Å². The molecular formula is C26H37IO3. The largest absolute Gasteiger partial charge is 0.507 e. The fraction of sp³-hybridized carbons (Fsp3) is 0.538. The molecular weight excluding hydrogens is 487 g/mol. The van der Waals surface area contributed by atoms with Crippen molar-refractivity contribution in [3.63, 3.8) is 0 Å².